The van der Waals surface area contributed by atoms with Gasteiger partial charge in [-0.2, -0.15) is 0 Å². The van der Waals surface area contributed by atoms with E-state index in [0.29, 0.717) is 13.0 Å². The summed E-state index contributed by atoms with van der Waals surface area (Å²) in [4.78, 5) is 15.6. The summed E-state index contributed by atoms with van der Waals surface area (Å²) in [5, 5.41) is 6.47. The molecule has 17 heavy (non-hydrogen) atoms. The van der Waals surface area contributed by atoms with Gasteiger partial charge in [0.1, 0.15) is 0 Å². The van der Waals surface area contributed by atoms with Crippen LogP contribution in [0.2, 0.25) is 0 Å². The van der Waals surface area contributed by atoms with Gasteiger partial charge in [0.05, 0.1) is 23.7 Å². The Kier molecular flexibility index (Phi) is 6.15. The second-order valence-electron chi connectivity index (χ2n) is 3.97. The normalized spacial score (nSPS) is 12.4. The molecular weight excluding hydrogens is 236 g/mol. The monoisotopic (exact) mass is 256 g/mol. The first-order valence-corrected chi connectivity index (χ1v) is 6.79. The van der Waals surface area contributed by atoms with Crippen LogP contribution in [0, 0.1) is 6.92 Å². The molecule has 1 N–H and O–H groups in total. The maximum absolute atomic E-state index is 11.2. The lowest BCUT2D eigenvalue weighted by Crippen LogP contribution is -2.30. The molecule has 0 fully saturated rings. The first-order valence-electron chi connectivity index (χ1n) is 5.91. The van der Waals surface area contributed by atoms with Crippen molar-refractivity contribution in [3.63, 3.8) is 0 Å². The standard InChI is InChI=1S/C12H20N2O2S/c1-4-16-12(15)7-9(2)13-6-5-11-8-17-10(3)14-11/h8-9,13H,4-7H2,1-3H3. The first kappa shape index (κ1) is 14.1. The molecule has 0 saturated heterocycles. The third-order valence-electron chi connectivity index (χ3n) is 2.32. The summed E-state index contributed by atoms with van der Waals surface area (Å²) in [6.45, 7) is 7.10. The van der Waals surface area contributed by atoms with Crippen LogP contribution in [0.1, 0.15) is 31.0 Å². The van der Waals surface area contributed by atoms with Crippen molar-refractivity contribution in [2.45, 2.75) is 39.7 Å². The van der Waals surface area contributed by atoms with Gasteiger partial charge in [-0.1, -0.05) is 0 Å². The number of hydrogen-bond donors (Lipinski definition) is 1. The van der Waals surface area contributed by atoms with Crippen LogP contribution >= 0.6 is 11.3 Å². The molecule has 0 bridgehead atoms. The average molecular weight is 256 g/mol. The van der Waals surface area contributed by atoms with E-state index in [1.807, 2.05) is 20.8 Å². The molecule has 0 amide bonds. The zero-order valence-electron chi connectivity index (χ0n) is 10.7. The minimum absolute atomic E-state index is 0.142. The van der Waals surface area contributed by atoms with Crippen LogP contribution in [0.3, 0.4) is 0 Å². The molecule has 1 rings (SSSR count). The molecule has 1 aromatic rings. The number of aromatic nitrogens is 1. The van der Waals surface area contributed by atoms with E-state index < -0.39 is 0 Å². The Morgan fingerprint density at radius 1 is 1.65 bits per heavy atom. The number of aryl methyl sites for hydroxylation is 1. The van der Waals surface area contributed by atoms with Crippen molar-refractivity contribution in [1.82, 2.24) is 10.3 Å². The van der Waals surface area contributed by atoms with E-state index in [1.54, 1.807) is 11.3 Å². The number of carbonyl (C=O) groups excluding carboxylic acids is 1. The number of ether oxygens (including phenoxy) is 1. The highest BCUT2D eigenvalue weighted by molar-refractivity contribution is 7.09. The molecule has 1 aromatic heterocycles. The zero-order valence-corrected chi connectivity index (χ0v) is 11.5. The lowest BCUT2D eigenvalue weighted by molar-refractivity contribution is -0.143. The van der Waals surface area contributed by atoms with E-state index in [0.717, 1.165) is 23.7 Å². The molecule has 0 aromatic carbocycles. The summed E-state index contributed by atoms with van der Waals surface area (Å²) in [5.41, 5.74) is 1.11. The Hall–Kier alpha value is -0.940. The van der Waals surface area contributed by atoms with Crippen LogP contribution in [0.15, 0.2) is 5.38 Å². The number of carbonyl (C=O) groups is 1. The Bertz CT molecular complexity index is 352. The molecule has 1 heterocycles. The maximum atomic E-state index is 11.2. The van der Waals surface area contributed by atoms with Crippen molar-refractivity contribution in [3.05, 3.63) is 16.1 Å². The number of hydrogen-bond acceptors (Lipinski definition) is 5. The topological polar surface area (TPSA) is 51.2 Å². The highest BCUT2D eigenvalue weighted by Crippen LogP contribution is 2.07. The zero-order chi connectivity index (χ0) is 12.7. The van der Waals surface area contributed by atoms with Gasteiger partial charge in [-0.15, -0.1) is 11.3 Å². The summed E-state index contributed by atoms with van der Waals surface area (Å²) in [6, 6.07) is 0.147. The smallest absolute Gasteiger partial charge is 0.307 e. The highest BCUT2D eigenvalue weighted by Gasteiger charge is 2.09. The minimum Gasteiger partial charge on any atom is -0.466 e. The summed E-state index contributed by atoms with van der Waals surface area (Å²) in [5.74, 6) is -0.142. The van der Waals surface area contributed by atoms with Gasteiger partial charge in [0.15, 0.2) is 0 Å². The highest BCUT2D eigenvalue weighted by atomic mass is 32.1. The molecule has 0 aliphatic carbocycles. The average Bonchev–Trinajstić information content (AvgIpc) is 2.64. The van der Waals surface area contributed by atoms with Gasteiger partial charge in [0, 0.05) is 24.4 Å². The van der Waals surface area contributed by atoms with Gasteiger partial charge in [0.2, 0.25) is 0 Å². The Balaban J connectivity index is 2.15. The van der Waals surface area contributed by atoms with Gasteiger partial charge in [-0.25, -0.2) is 4.98 Å². The van der Waals surface area contributed by atoms with Crippen LogP contribution < -0.4 is 5.32 Å². The first-order chi connectivity index (χ1) is 8.11. The lowest BCUT2D eigenvalue weighted by atomic mass is 10.2. The molecule has 0 saturated carbocycles. The minimum atomic E-state index is -0.142. The van der Waals surface area contributed by atoms with Crippen molar-refractivity contribution in [2.24, 2.45) is 0 Å². The fourth-order valence-electron chi connectivity index (χ4n) is 1.51. The predicted molar refractivity (Wildman–Crippen MR) is 69.3 cm³/mol. The van der Waals surface area contributed by atoms with Crippen molar-refractivity contribution < 1.29 is 9.53 Å². The number of rotatable bonds is 7. The van der Waals surface area contributed by atoms with E-state index >= 15 is 0 Å². The van der Waals surface area contributed by atoms with Gasteiger partial charge in [-0.05, 0) is 20.8 Å². The van der Waals surface area contributed by atoms with Crippen molar-refractivity contribution in [1.29, 1.82) is 0 Å². The quantitative estimate of drug-likeness (QED) is 0.757. The maximum Gasteiger partial charge on any atom is 0.307 e. The van der Waals surface area contributed by atoms with Crippen LogP contribution in [-0.2, 0) is 16.0 Å². The Labute approximate surface area is 106 Å². The molecule has 4 nitrogen and oxygen atoms in total. The molecule has 0 aliphatic rings. The van der Waals surface area contributed by atoms with Gasteiger partial charge in [0.25, 0.3) is 0 Å². The van der Waals surface area contributed by atoms with E-state index in [2.05, 4.69) is 15.7 Å². The fourth-order valence-corrected chi connectivity index (χ4v) is 2.16. The third kappa shape index (κ3) is 5.79. The van der Waals surface area contributed by atoms with E-state index in [4.69, 9.17) is 4.74 Å². The summed E-state index contributed by atoms with van der Waals surface area (Å²) in [6.07, 6.45) is 1.32. The van der Waals surface area contributed by atoms with Crippen molar-refractivity contribution >= 4 is 17.3 Å². The van der Waals surface area contributed by atoms with Crippen LogP contribution in [0.25, 0.3) is 0 Å². The van der Waals surface area contributed by atoms with E-state index in [9.17, 15) is 4.79 Å². The molecule has 1 atom stereocenters. The number of thiazole rings is 1. The molecular formula is C12H20N2O2S. The second kappa shape index (κ2) is 7.40. The van der Waals surface area contributed by atoms with E-state index in [-0.39, 0.29) is 12.0 Å². The number of esters is 1. The Morgan fingerprint density at radius 3 is 3.00 bits per heavy atom. The third-order valence-corrected chi connectivity index (χ3v) is 3.14. The lowest BCUT2D eigenvalue weighted by Gasteiger charge is -2.12. The van der Waals surface area contributed by atoms with Gasteiger partial charge < -0.3 is 10.1 Å². The van der Waals surface area contributed by atoms with Crippen LogP contribution in [0.4, 0.5) is 0 Å². The van der Waals surface area contributed by atoms with Crippen LogP contribution in [0.5, 0.6) is 0 Å². The molecule has 96 valence electrons. The number of nitrogens with one attached hydrogen (secondary N) is 1. The van der Waals surface area contributed by atoms with Crippen molar-refractivity contribution in [2.75, 3.05) is 13.2 Å². The van der Waals surface area contributed by atoms with Crippen molar-refractivity contribution in [3.8, 4) is 0 Å². The SMILES string of the molecule is CCOC(=O)CC(C)NCCc1csc(C)n1. The van der Waals surface area contributed by atoms with Gasteiger partial charge in [-0.3, -0.25) is 4.79 Å². The Morgan fingerprint density at radius 2 is 2.41 bits per heavy atom. The predicted octanol–water partition coefficient (Wildman–Crippen LogP) is 1.93. The fraction of sp³-hybridized carbons (Fsp3) is 0.667. The largest absolute Gasteiger partial charge is 0.466 e. The molecule has 0 aliphatic heterocycles. The second-order valence-corrected chi connectivity index (χ2v) is 5.03. The summed E-state index contributed by atoms with van der Waals surface area (Å²) >= 11 is 1.67. The van der Waals surface area contributed by atoms with Crippen LogP contribution in [-0.4, -0.2) is 30.1 Å². The summed E-state index contributed by atoms with van der Waals surface area (Å²) < 4.78 is 4.89. The van der Waals surface area contributed by atoms with Gasteiger partial charge >= 0.3 is 5.97 Å². The number of nitrogens with zero attached hydrogens (tertiary/aromatic N) is 1. The molecule has 0 radical (unpaired) electrons. The molecule has 5 heteroatoms. The molecule has 0 spiro atoms. The summed E-state index contributed by atoms with van der Waals surface area (Å²) in [7, 11) is 0. The molecule has 1 unspecified atom stereocenters. The van der Waals surface area contributed by atoms with E-state index in [1.165, 1.54) is 0 Å².